The highest BCUT2D eigenvalue weighted by atomic mass is 32.1. The van der Waals surface area contributed by atoms with E-state index in [9.17, 15) is 9.59 Å². The second-order valence-corrected chi connectivity index (χ2v) is 5.91. The molecule has 1 saturated heterocycles. The van der Waals surface area contributed by atoms with Crippen LogP contribution in [0.25, 0.3) is 0 Å². The summed E-state index contributed by atoms with van der Waals surface area (Å²) in [5.41, 5.74) is 0. The molecule has 1 aliphatic rings. The minimum Gasteiger partial charge on any atom is -0.481 e. The number of likely N-dealkylation sites (tertiary alicyclic amines) is 1. The molecule has 5 nitrogen and oxygen atoms in total. The van der Waals surface area contributed by atoms with Crippen LogP contribution in [0.1, 0.15) is 36.6 Å². The third-order valence-corrected chi connectivity index (χ3v) is 4.44. The van der Waals surface area contributed by atoms with E-state index >= 15 is 0 Å². The Kier molecular flexibility index (Phi) is 5.55. The van der Waals surface area contributed by atoms with Crippen LogP contribution in [0.2, 0.25) is 0 Å². The first kappa shape index (κ1) is 15.0. The number of hydrogen-bond acceptors (Lipinski definition) is 4. The zero-order valence-electron chi connectivity index (χ0n) is 11.4. The standard InChI is InChI=1S/C14H20N2O3S/c17-13(10-15-7-1-6-14(18)19)16-8-2-4-11(16)12-5-3-9-20-12/h3,5,9,11,15H,1-2,4,6-8,10H2,(H,18,19). The van der Waals surface area contributed by atoms with Crippen molar-refractivity contribution in [3.63, 3.8) is 0 Å². The van der Waals surface area contributed by atoms with Crippen molar-refractivity contribution >= 4 is 23.2 Å². The maximum atomic E-state index is 12.2. The summed E-state index contributed by atoms with van der Waals surface area (Å²) in [7, 11) is 0. The van der Waals surface area contributed by atoms with Crippen LogP contribution in [0.4, 0.5) is 0 Å². The molecule has 0 saturated carbocycles. The molecule has 2 heterocycles. The summed E-state index contributed by atoms with van der Waals surface area (Å²) in [4.78, 5) is 25.8. The molecule has 0 aromatic carbocycles. The summed E-state index contributed by atoms with van der Waals surface area (Å²) in [6.07, 6.45) is 2.78. The molecular weight excluding hydrogens is 276 g/mol. The summed E-state index contributed by atoms with van der Waals surface area (Å²) < 4.78 is 0. The Morgan fingerprint density at radius 3 is 3.05 bits per heavy atom. The van der Waals surface area contributed by atoms with Crippen molar-refractivity contribution in [2.45, 2.75) is 31.7 Å². The summed E-state index contributed by atoms with van der Waals surface area (Å²) in [6, 6.07) is 4.33. The molecule has 0 spiro atoms. The van der Waals surface area contributed by atoms with Gasteiger partial charge in [-0.15, -0.1) is 11.3 Å². The van der Waals surface area contributed by atoms with Crippen LogP contribution >= 0.6 is 11.3 Å². The predicted octanol–water partition coefficient (Wildman–Crippen LogP) is 1.87. The first-order valence-corrected chi connectivity index (χ1v) is 7.82. The van der Waals surface area contributed by atoms with Crippen LogP contribution in [-0.2, 0) is 9.59 Å². The Hall–Kier alpha value is -1.40. The molecule has 2 rings (SSSR count). The summed E-state index contributed by atoms with van der Waals surface area (Å²) >= 11 is 1.70. The van der Waals surface area contributed by atoms with Crippen LogP contribution in [-0.4, -0.2) is 41.5 Å². The number of nitrogens with one attached hydrogen (secondary N) is 1. The Balaban J connectivity index is 1.75. The van der Waals surface area contributed by atoms with Gasteiger partial charge in [0.1, 0.15) is 0 Å². The minimum absolute atomic E-state index is 0.108. The lowest BCUT2D eigenvalue weighted by Crippen LogP contribution is -2.37. The van der Waals surface area contributed by atoms with Gasteiger partial charge in [-0.3, -0.25) is 9.59 Å². The normalized spacial score (nSPS) is 18.4. The molecule has 0 radical (unpaired) electrons. The van der Waals surface area contributed by atoms with Gasteiger partial charge < -0.3 is 15.3 Å². The molecular formula is C14H20N2O3S. The van der Waals surface area contributed by atoms with Gasteiger partial charge in [0.15, 0.2) is 0 Å². The van der Waals surface area contributed by atoms with E-state index in [-0.39, 0.29) is 18.4 Å². The molecule has 20 heavy (non-hydrogen) atoms. The van der Waals surface area contributed by atoms with E-state index in [1.807, 2.05) is 16.3 Å². The molecule has 1 aromatic heterocycles. The number of hydrogen-bond donors (Lipinski definition) is 2. The van der Waals surface area contributed by atoms with Gasteiger partial charge in [-0.05, 0) is 37.3 Å². The maximum Gasteiger partial charge on any atom is 0.303 e. The molecule has 1 amide bonds. The van der Waals surface area contributed by atoms with Crippen LogP contribution < -0.4 is 5.32 Å². The van der Waals surface area contributed by atoms with Gasteiger partial charge in [0.05, 0.1) is 12.6 Å². The number of carbonyl (C=O) groups is 2. The second-order valence-electron chi connectivity index (χ2n) is 4.93. The van der Waals surface area contributed by atoms with Crippen LogP contribution in [0.5, 0.6) is 0 Å². The lowest BCUT2D eigenvalue weighted by molar-refractivity contribution is -0.137. The zero-order chi connectivity index (χ0) is 14.4. The molecule has 6 heteroatoms. The van der Waals surface area contributed by atoms with E-state index in [4.69, 9.17) is 5.11 Å². The summed E-state index contributed by atoms with van der Waals surface area (Å²) in [5, 5.41) is 13.6. The highest BCUT2D eigenvalue weighted by Gasteiger charge is 2.29. The van der Waals surface area contributed by atoms with Crippen molar-refractivity contribution in [2.24, 2.45) is 0 Å². The van der Waals surface area contributed by atoms with E-state index in [1.165, 1.54) is 4.88 Å². The number of amides is 1. The molecule has 1 aromatic rings. The van der Waals surface area contributed by atoms with Crippen molar-refractivity contribution in [3.8, 4) is 0 Å². The fourth-order valence-electron chi connectivity index (χ4n) is 2.50. The highest BCUT2D eigenvalue weighted by Crippen LogP contribution is 2.34. The fraction of sp³-hybridized carbons (Fsp3) is 0.571. The third kappa shape index (κ3) is 4.05. The molecule has 1 aliphatic heterocycles. The third-order valence-electron chi connectivity index (χ3n) is 3.47. The fourth-order valence-corrected chi connectivity index (χ4v) is 3.38. The van der Waals surface area contributed by atoms with E-state index in [0.29, 0.717) is 19.5 Å². The second kappa shape index (κ2) is 7.40. The Labute approximate surface area is 122 Å². The lowest BCUT2D eigenvalue weighted by Gasteiger charge is -2.24. The van der Waals surface area contributed by atoms with E-state index in [2.05, 4.69) is 11.4 Å². The number of carboxylic acids is 1. The number of carbonyl (C=O) groups excluding carboxylic acids is 1. The molecule has 1 fully saturated rings. The first-order chi connectivity index (χ1) is 9.68. The molecule has 1 atom stereocenters. The van der Waals surface area contributed by atoms with Gasteiger partial charge in [0.25, 0.3) is 0 Å². The SMILES string of the molecule is O=C(O)CCCNCC(=O)N1CCCC1c1cccs1. The Bertz CT molecular complexity index is 447. The van der Waals surface area contributed by atoms with Gasteiger partial charge in [0, 0.05) is 17.8 Å². The van der Waals surface area contributed by atoms with E-state index in [1.54, 1.807) is 11.3 Å². The average Bonchev–Trinajstić information content (AvgIpc) is 3.08. The summed E-state index contributed by atoms with van der Waals surface area (Å²) in [5.74, 6) is -0.688. The van der Waals surface area contributed by atoms with Gasteiger partial charge in [0.2, 0.25) is 5.91 Å². The van der Waals surface area contributed by atoms with Gasteiger partial charge in [-0.25, -0.2) is 0 Å². The van der Waals surface area contributed by atoms with Crippen molar-refractivity contribution in [3.05, 3.63) is 22.4 Å². The largest absolute Gasteiger partial charge is 0.481 e. The van der Waals surface area contributed by atoms with Gasteiger partial charge >= 0.3 is 5.97 Å². The highest BCUT2D eigenvalue weighted by molar-refractivity contribution is 7.10. The van der Waals surface area contributed by atoms with Crippen LogP contribution in [0.15, 0.2) is 17.5 Å². The maximum absolute atomic E-state index is 12.2. The molecule has 2 N–H and O–H groups in total. The Morgan fingerprint density at radius 1 is 1.50 bits per heavy atom. The molecule has 0 bridgehead atoms. The van der Waals surface area contributed by atoms with Crippen molar-refractivity contribution in [2.75, 3.05) is 19.6 Å². The van der Waals surface area contributed by atoms with Crippen molar-refractivity contribution in [1.29, 1.82) is 0 Å². The first-order valence-electron chi connectivity index (χ1n) is 6.94. The molecule has 110 valence electrons. The molecule has 1 unspecified atom stereocenters. The number of nitrogens with zero attached hydrogens (tertiary/aromatic N) is 1. The number of rotatable bonds is 7. The van der Waals surface area contributed by atoms with Crippen LogP contribution in [0, 0.1) is 0 Å². The van der Waals surface area contributed by atoms with E-state index < -0.39 is 5.97 Å². The van der Waals surface area contributed by atoms with E-state index in [0.717, 1.165) is 19.4 Å². The minimum atomic E-state index is -0.796. The topological polar surface area (TPSA) is 69.6 Å². The predicted molar refractivity (Wildman–Crippen MR) is 77.7 cm³/mol. The summed E-state index contributed by atoms with van der Waals surface area (Å²) in [6.45, 7) is 1.68. The average molecular weight is 296 g/mol. The lowest BCUT2D eigenvalue weighted by atomic mass is 10.2. The number of thiophene rings is 1. The molecule has 0 aliphatic carbocycles. The smallest absolute Gasteiger partial charge is 0.303 e. The number of carboxylic acid groups (broad SMARTS) is 1. The quantitative estimate of drug-likeness (QED) is 0.754. The van der Waals surface area contributed by atoms with Gasteiger partial charge in [-0.1, -0.05) is 6.07 Å². The van der Waals surface area contributed by atoms with Crippen LogP contribution in [0.3, 0.4) is 0 Å². The monoisotopic (exact) mass is 296 g/mol. The van der Waals surface area contributed by atoms with Crippen molar-refractivity contribution in [1.82, 2.24) is 10.2 Å². The van der Waals surface area contributed by atoms with Crippen molar-refractivity contribution < 1.29 is 14.7 Å². The number of aliphatic carboxylic acids is 1. The Morgan fingerprint density at radius 2 is 2.35 bits per heavy atom. The van der Waals surface area contributed by atoms with Gasteiger partial charge in [-0.2, -0.15) is 0 Å². The zero-order valence-corrected chi connectivity index (χ0v) is 12.2.